The molecule has 0 aliphatic carbocycles. The number of nitro benzene ring substituents is 1. The highest BCUT2D eigenvalue weighted by molar-refractivity contribution is 5.60. The molecule has 0 saturated heterocycles. The van der Waals surface area contributed by atoms with E-state index in [2.05, 4.69) is 0 Å². The van der Waals surface area contributed by atoms with Gasteiger partial charge in [0.1, 0.15) is 0 Å². The molecule has 80 valence electrons. The maximum absolute atomic E-state index is 10.7. The molecule has 0 atom stereocenters. The molecule has 1 rings (SSSR count). The number of hydrogen-bond acceptors (Lipinski definition) is 3. The Hall–Kier alpha value is -1.84. The van der Waals surface area contributed by atoms with Crippen molar-refractivity contribution in [2.75, 3.05) is 13.6 Å². The second-order valence-electron chi connectivity index (χ2n) is 3.20. The molecule has 4 nitrogen and oxygen atoms in total. The summed E-state index contributed by atoms with van der Waals surface area (Å²) in [7, 11) is 1.92. The van der Waals surface area contributed by atoms with E-state index in [1.165, 1.54) is 6.07 Å². The topological polar surface area (TPSA) is 46.4 Å². The smallest absolute Gasteiger partial charge is 0.276 e. The van der Waals surface area contributed by atoms with Crippen LogP contribution in [0.3, 0.4) is 0 Å². The first-order valence-electron chi connectivity index (χ1n) is 4.77. The molecule has 4 heteroatoms. The quantitative estimate of drug-likeness (QED) is 0.561. The Morgan fingerprint density at radius 1 is 1.47 bits per heavy atom. The molecule has 0 spiro atoms. The van der Waals surface area contributed by atoms with E-state index in [9.17, 15) is 10.1 Å². The minimum atomic E-state index is -0.369. The van der Waals surface area contributed by atoms with Crippen LogP contribution in [0.25, 0.3) is 6.08 Å². The minimum Gasteiger partial charge on any atom is -0.381 e. The first kappa shape index (κ1) is 11.2. The van der Waals surface area contributed by atoms with Crippen LogP contribution in [-0.2, 0) is 0 Å². The van der Waals surface area contributed by atoms with Crippen LogP contribution in [0.2, 0.25) is 0 Å². The monoisotopic (exact) mass is 206 g/mol. The van der Waals surface area contributed by atoms with Crippen LogP contribution in [0.1, 0.15) is 12.5 Å². The van der Waals surface area contributed by atoms with E-state index >= 15 is 0 Å². The van der Waals surface area contributed by atoms with E-state index < -0.39 is 0 Å². The van der Waals surface area contributed by atoms with E-state index in [0.29, 0.717) is 5.56 Å². The van der Waals surface area contributed by atoms with E-state index in [1.54, 1.807) is 24.3 Å². The predicted molar refractivity (Wildman–Crippen MR) is 60.4 cm³/mol. The van der Waals surface area contributed by atoms with Crippen LogP contribution in [0.5, 0.6) is 0 Å². The molecular formula is C11H14N2O2. The van der Waals surface area contributed by atoms with Crippen LogP contribution < -0.4 is 0 Å². The van der Waals surface area contributed by atoms with Gasteiger partial charge >= 0.3 is 0 Å². The zero-order valence-electron chi connectivity index (χ0n) is 8.88. The third-order valence-electron chi connectivity index (χ3n) is 2.14. The van der Waals surface area contributed by atoms with Crippen molar-refractivity contribution in [1.82, 2.24) is 4.90 Å². The molecule has 1 aromatic carbocycles. The highest BCUT2D eigenvalue weighted by atomic mass is 16.6. The summed E-state index contributed by atoms with van der Waals surface area (Å²) >= 11 is 0. The van der Waals surface area contributed by atoms with E-state index in [1.807, 2.05) is 25.1 Å². The summed E-state index contributed by atoms with van der Waals surface area (Å²) in [6.45, 7) is 2.89. The molecule has 0 heterocycles. The number of hydrogen-bond donors (Lipinski definition) is 0. The molecule has 0 unspecified atom stereocenters. The molecule has 0 bridgehead atoms. The lowest BCUT2D eigenvalue weighted by Crippen LogP contribution is -2.08. The summed E-state index contributed by atoms with van der Waals surface area (Å²) in [4.78, 5) is 12.3. The Bertz CT molecular complexity index is 375. The zero-order chi connectivity index (χ0) is 11.3. The molecular weight excluding hydrogens is 192 g/mol. The van der Waals surface area contributed by atoms with Crippen LogP contribution >= 0.6 is 0 Å². The van der Waals surface area contributed by atoms with Gasteiger partial charge in [-0.3, -0.25) is 10.1 Å². The van der Waals surface area contributed by atoms with Crippen molar-refractivity contribution in [3.8, 4) is 0 Å². The lowest BCUT2D eigenvalue weighted by Gasteiger charge is -2.08. The van der Waals surface area contributed by atoms with Gasteiger partial charge in [0, 0.05) is 19.7 Å². The summed E-state index contributed by atoms with van der Waals surface area (Å²) in [5.74, 6) is 0. The molecule has 15 heavy (non-hydrogen) atoms. The zero-order valence-corrected chi connectivity index (χ0v) is 8.88. The molecule has 0 aromatic heterocycles. The van der Waals surface area contributed by atoms with Gasteiger partial charge in [0.2, 0.25) is 0 Å². The van der Waals surface area contributed by atoms with Gasteiger partial charge < -0.3 is 4.90 Å². The van der Waals surface area contributed by atoms with Crippen molar-refractivity contribution in [3.05, 3.63) is 46.1 Å². The van der Waals surface area contributed by atoms with E-state index in [4.69, 9.17) is 0 Å². The number of rotatable bonds is 4. The molecule has 0 saturated carbocycles. The first-order valence-corrected chi connectivity index (χ1v) is 4.77. The normalized spacial score (nSPS) is 10.5. The number of benzene rings is 1. The van der Waals surface area contributed by atoms with Crippen LogP contribution in [0, 0.1) is 10.1 Å². The van der Waals surface area contributed by atoms with Crippen molar-refractivity contribution in [2.24, 2.45) is 0 Å². The van der Waals surface area contributed by atoms with Gasteiger partial charge in [0.25, 0.3) is 5.69 Å². The second-order valence-corrected chi connectivity index (χ2v) is 3.20. The maximum atomic E-state index is 10.7. The van der Waals surface area contributed by atoms with E-state index in [0.717, 1.165) is 6.54 Å². The van der Waals surface area contributed by atoms with E-state index in [-0.39, 0.29) is 10.6 Å². The molecule has 1 aromatic rings. The lowest BCUT2D eigenvalue weighted by atomic mass is 10.2. The van der Waals surface area contributed by atoms with Crippen molar-refractivity contribution >= 4 is 11.8 Å². The largest absolute Gasteiger partial charge is 0.381 e. The van der Waals surface area contributed by atoms with Crippen molar-refractivity contribution in [3.63, 3.8) is 0 Å². The number of nitrogens with zero attached hydrogens (tertiary/aromatic N) is 2. The van der Waals surface area contributed by atoms with Crippen molar-refractivity contribution in [1.29, 1.82) is 0 Å². The first-order chi connectivity index (χ1) is 7.15. The fraction of sp³-hybridized carbons (Fsp3) is 0.273. The Morgan fingerprint density at radius 2 is 2.13 bits per heavy atom. The standard InChI is InChI=1S/C11H14N2O2/c1-3-12(2)9-8-10-6-4-5-7-11(10)13(14)15/h4-9H,3H2,1-2H3/b9-8+. The van der Waals surface area contributed by atoms with Crippen LogP contribution in [0.15, 0.2) is 30.5 Å². The van der Waals surface area contributed by atoms with Crippen molar-refractivity contribution < 1.29 is 4.92 Å². The molecule has 0 fully saturated rings. The maximum Gasteiger partial charge on any atom is 0.276 e. The number of nitro groups is 1. The molecule has 0 aliphatic heterocycles. The SMILES string of the molecule is CCN(C)/C=C/c1ccccc1[N+](=O)[O-]. The van der Waals surface area contributed by atoms with Gasteiger partial charge in [-0.2, -0.15) is 0 Å². The third-order valence-corrected chi connectivity index (χ3v) is 2.14. The summed E-state index contributed by atoms with van der Waals surface area (Å²) in [5, 5.41) is 10.7. The molecule has 0 aliphatic rings. The fourth-order valence-corrected chi connectivity index (χ4v) is 1.11. The predicted octanol–water partition coefficient (Wildman–Crippen LogP) is 2.52. The fourth-order valence-electron chi connectivity index (χ4n) is 1.11. The van der Waals surface area contributed by atoms with Gasteiger partial charge in [0.05, 0.1) is 10.5 Å². The Labute approximate surface area is 89.0 Å². The average Bonchev–Trinajstić information content (AvgIpc) is 2.26. The van der Waals surface area contributed by atoms with Crippen LogP contribution in [-0.4, -0.2) is 23.4 Å². The van der Waals surface area contributed by atoms with Crippen molar-refractivity contribution in [2.45, 2.75) is 6.92 Å². The lowest BCUT2D eigenvalue weighted by molar-refractivity contribution is -0.385. The summed E-state index contributed by atoms with van der Waals surface area (Å²) in [5.41, 5.74) is 0.765. The minimum absolute atomic E-state index is 0.137. The van der Waals surface area contributed by atoms with Crippen LogP contribution in [0.4, 0.5) is 5.69 Å². The highest BCUT2D eigenvalue weighted by Crippen LogP contribution is 2.18. The molecule has 0 N–H and O–H groups in total. The summed E-state index contributed by atoms with van der Waals surface area (Å²) in [6, 6.07) is 6.70. The third kappa shape index (κ3) is 3.09. The van der Waals surface area contributed by atoms with Gasteiger partial charge in [-0.15, -0.1) is 0 Å². The molecule has 0 amide bonds. The van der Waals surface area contributed by atoms with Gasteiger partial charge in [-0.25, -0.2) is 0 Å². The Kier molecular flexibility index (Phi) is 3.85. The average molecular weight is 206 g/mol. The summed E-state index contributed by atoms with van der Waals surface area (Å²) < 4.78 is 0. The Balaban J connectivity index is 2.94. The summed E-state index contributed by atoms with van der Waals surface area (Å²) in [6.07, 6.45) is 3.59. The van der Waals surface area contributed by atoms with Gasteiger partial charge in [-0.1, -0.05) is 12.1 Å². The second kappa shape index (κ2) is 5.14. The van der Waals surface area contributed by atoms with Gasteiger partial charge in [-0.05, 0) is 25.3 Å². The highest BCUT2D eigenvalue weighted by Gasteiger charge is 2.08. The molecule has 0 radical (unpaired) electrons. The van der Waals surface area contributed by atoms with Gasteiger partial charge in [0.15, 0.2) is 0 Å². The number of para-hydroxylation sites is 1. The Morgan fingerprint density at radius 3 is 2.73 bits per heavy atom.